The number of benzene rings is 2. The largest absolute Gasteiger partial charge is 0.504 e. The Morgan fingerprint density at radius 3 is 2.30 bits per heavy atom. The van der Waals surface area contributed by atoms with E-state index in [1.807, 2.05) is 6.07 Å². The fourth-order valence-corrected chi connectivity index (χ4v) is 3.19. The number of nitrogens with zero attached hydrogens (tertiary/aromatic N) is 1. The van der Waals surface area contributed by atoms with E-state index >= 15 is 0 Å². The van der Waals surface area contributed by atoms with Crippen molar-refractivity contribution >= 4 is 5.97 Å². The van der Waals surface area contributed by atoms with E-state index in [-0.39, 0.29) is 23.3 Å². The van der Waals surface area contributed by atoms with Gasteiger partial charge < -0.3 is 25.2 Å². The van der Waals surface area contributed by atoms with Crippen molar-refractivity contribution in [2.75, 3.05) is 20.7 Å². The molecule has 0 bridgehead atoms. The van der Waals surface area contributed by atoms with Gasteiger partial charge in [-0.1, -0.05) is 6.07 Å². The summed E-state index contributed by atoms with van der Waals surface area (Å²) in [6, 6.07) is 8.66. The fourth-order valence-electron chi connectivity index (χ4n) is 3.19. The molecule has 1 heterocycles. The molecule has 0 radical (unpaired) electrons. The number of alkyl halides is 3. The Morgan fingerprint density at radius 2 is 1.77 bits per heavy atom. The second-order valence-electron chi connectivity index (χ2n) is 6.80. The Labute approximate surface area is 170 Å². The van der Waals surface area contributed by atoms with Gasteiger partial charge in [0.2, 0.25) is 0 Å². The maximum atomic E-state index is 10.6. The molecule has 1 aliphatic heterocycles. The van der Waals surface area contributed by atoms with Crippen molar-refractivity contribution in [1.82, 2.24) is 4.90 Å². The molecule has 0 aromatic heterocycles. The zero-order valence-corrected chi connectivity index (χ0v) is 16.3. The molecule has 0 amide bonds. The molecule has 0 aliphatic carbocycles. The molecular weight excluding hydrogens is 407 g/mol. The number of hydrogen-bond donors (Lipinski definition) is 4. The lowest BCUT2D eigenvalue weighted by Crippen LogP contribution is -2.33. The van der Waals surface area contributed by atoms with Crippen molar-refractivity contribution < 1.29 is 43.1 Å². The fraction of sp³-hybridized carbons (Fsp3) is 0.350. The zero-order valence-electron chi connectivity index (χ0n) is 16.3. The first-order valence-electron chi connectivity index (χ1n) is 8.85. The number of carboxylic acids is 1. The second kappa shape index (κ2) is 9.12. The molecule has 3 rings (SSSR count). The minimum Gasteiger partial charge on any atom is -0.504 e. The number of phenols is 3. The van der Waals surface area contributed by atoms with Gasteiger partial charge in [-0.15, -0.1) is 0 Å². The van der Waals surface area contributed by atoms with Crippen LogP contribution < -0.4 is 4.74 Å². The number of aromatic hydroxyl groups is 3. The van der Waals surface area contributed by atoms with Crippen LogP contribution in [-0.2, 0) is 17.6 Å². The number of fused-ring (bicyclic) bond motifs is 1. The predicted octanol–water partition coefficient (Wildman–Crippen LogP) is 3.22. The van der Waals surface area contributed by atoms with Crippen LogP contribution in [0.15, 0.2) is 30.3 Å². The van der Waals surface area contributed by atoms with Crippen molar-refractivity contribution in [3.8, 4) is 23.0 Å². The molecule has 7 nitrogen and oxygen atoms in total. The Balaban J connectivity index is 0.000000396. The number of rotatable bonds is 3. The molecule has 1 unspecified atom stereocenters. The minimum absolute atomic E-state index is 0.0968. The number of hydrogen-bond acceptors (Lipinski definition) is 6. The average molecular weight is 429 g/mol. The third kappa shape index (κ3) is 5.47. The molecule has 4 N–H and O–H groups in total. The van der Waals surface area contributed by atoms with Crippen LogP contribution in [0.25, 0.3) is 0 Å². The van der Waals surface area contributed by atoms with Crippen LogP contribution in [0.4, 0.5) is 13.2 Å². The maximum Gasteiger partial charge on any atom is 0.490 e. The van der Waals surface area contributed by atoms with Gasteiger partial charge in [0.05, 0.1) is 7.11 Å². The number of halogens is 3. The predicted molar refractivity (Wildman–Crippen MR) is 101 cm³/mol. The van der Waals surface area contributed by atoms with Gasteiger partial charge in [-0.05, 0) is 60.8 Å². The van der Waals surface area contributed by atoms with Gasteiger partial charge in [0.1, 0.15) is 0 Å². The summed E-state index contributed by atoms with van der Waals surface area (Å²) in [5.74, 6) is -2.35. The topological polar surface area (TPSA) is 110 Å². The Kier molecular flexibility index (Phi) is 7.04. The molecule has 30 heavy (non-hydrogen) atoms. The molecule has 1 atom stereocenters. The van der Waals surface area contributed by atoms with Crippen molar-refractivity contribution in [2.45, 2.75) is 25.1 Å². The Hall–Kier alpha value is -3.14. The monoisotopic (exact) mass is 429 g/mol. The third-order valence-corrected chi connectivity index (χ3v) is 4.78. The average Bonchev–Trinajstić information content (AvgIpc) is 2.66. The van der Waals surface area contributed by atoms with Crippen LogP contribution in [0.2, 0.25) is 0 Å². The van der Waals surface area contributed by atoms with E-state index in [0.29, 0.717) is 12.2 Å². The van der Waals surface area contributed by atoms with E-state index < -0.39 is 12.1 Å². The summed E-state index contributed by atoms with van der Waals surface area (Å²) in [5.41, 5.74) is 3.18. The highest BCUT2D eigenvalue weighted by molar-refractivity contribution is 5.73. The number of carboxylic acid groups (broad SMARTS) is 1. The molecule has 2 aromatic carbocycles. The summed E-state index contributed by atoms with van der Waals surface area (Å²) >= 11 is 0. The number of carbonyl (C=O) groups is 1. The van der Waals surface area contributed by atoms with Gasteiger partial charge in [-0.2, -0.15) is 13.2 Å². The summed E-state index contributed by atoms with van der Waals surface area (Å²) in [7, 11) is 3.60. The second-order valence-corrected chi connectivity index (χ2v) is 6.80. The van der Waals surface area contributed by atoms with E-state index in [4.69, 9.17) is 14.6 Å². The van der Waals surface area contributed by atoms with Gasteiger partial charge in [-0.25, -0.2) is 4.79 Å². The van der Waals surface area contributed by atoms with Crippen LogP contribution in [0.5, 0.6) is 23.0 Å². The first-order chi connectivity index (χ1) is 13.9. The lowest BCUT2D eigenvalue weighted by atomic mass is 9.88. The quantitative estimate of drug-likeness (QED) is 0.555. The van der Waals surface area contributed by atoms with Gasteiger partial charge in [0.25, 0.3) is 0 Å². The molecule has 0 spiro atoms. The molecular formula is C20H22F3NO6. The summed E-state index contributed by atoms with van der Waals surface area (Å²) in [4.78, 5) is 11.1. The molecule has 0 saturated heterocycles. The SMILES string of the molecule is COc1cc2c(cc1O)C(Cc1ccc(O)c(O)c1)N(C)CC2.O=C(O)C(F)(F)F. The number of aliphatic carboxylic acids is 1. The van der Waals surface area contributed by atoms with Crippen LogP contribution >= 0.6 is 0 Å². The number of phenolic OH excluding ortho intramolecular Hbond substituents is 3. The molecule has 1 aliphatic rings. The number of methoxy groups -OCH3 is 1. The van der Waals surface area contributed by atoms with Crippen LogP contribution in [0.3, 0.4) is 0 Å². The summed E-state index contributed by atoms with van der Waals surface area (Å²) < 4.78 is 36.9. The first kappa shape index (κ1) is 23.1. The maximum absolute atomic E-state index is 10.6. The highest BCUT2D eigenvalue weighted by atomic mass is 19.4. The summed E-state index contributed by atoms with van der Waals surface area (Å²) in [6.45, 7) is 0.912. The van der Waals surface area contributed by atoms with Gasteiger partial charge in [-0.3, -0.25) is 4.90 Å². The highest BCUT2D eigenvalue weighted by Gasteiger charge is 2.38. The van der Waals surface area contributed by atoms with Crippen molar-refractivity contribution in [2.24, 2.45) is 0 Å². The van der Waals surface area contributed by atoms with Crippen molar-refractivity contribution in [3.63, 3.8) is 0 Å². The molecule has 0 saturated carbocycles. The van der Waals surface area contributed by atoms with Crippen molar-refractivity contribution in [3.05, 3.63) is 47.0 Å². The summed E-state index contributed by atoms with van der Waals surface area (Å²) in [5, 5.41) is 36.4. The standard InChI is InChI=1S/C18H21NO4.C2HF3O2/c1-19-6-5-12-9-18(23-2)17(22)10-13(12)14(19)7-11-3-4-15(20)16(21)8-11;3-2(4,5)1(6)7/h3-4,8-10,14,20-22H,5-7H2,1-2H3;(H,6,7). The van der Waals surface area contributed by atoms with E-state index in [9.17, 15) is 28.5 Å². The van der Waals surface area contributed by atoms with E-state index in [2.05, 4.69) is 11.9 Å². The zero-order chi connectivity index (χ0) is 22.6. The van der Waals surface area contributed by atoms with Gasteiger partial charge >= 0.3 is 12.1 Å². The van der Waals surface area contributed by atoms with Crippen LogP contribution in [0, 0.1) is 0 Å². The number of ether oxygens (including phenoxy) is 1. The Morgan fingerprint density at radius 1 is 1.13 bits per heavy atom. The van der Waals surface area contributed by atoms with Crippen LogP contribution in [-0.4, -0.2) is 58.2 Å². The van der Waals surface area contributed by atoms with Gasteiger partial charge in [0, 0.05) is 12.6 Å². The van der Waals surface area contributed by atoms with E-state index in [1.54, 1.807) is 25.3 Å². The number of likely N-dealkylation sites (N-methyl/N-ethyl adjacent to an activating group) is 1. The highest BCUT2D eigenvalue weighted by Crippen LogP contribution is 2.39. The normalized spacial score (nSPS) is 16.2. The third-order valence-electron chi connectivity index (χ3n) is 4.78. The molecule has 2 aromatic rings. The molecule has 10 heteroatoms. The minimum atomic E-state index is -5.08. The van der Waals surface area contributed by atoms with Crippen molar-refractivity contribution in [1.29, 1.82) is 0 Å². The lowest BCUT2D eigenvalue weighted by molar-refractivity contribution is -0.192. The summed E-state index contributed by atoms with van der Waals surface area (Å²) in [6.07, 6.45) is -3.50. The molecule has 0 fully saturated rings. The lowest BCUT2D eigenvalue weighted by Gasteiger charge is -2.35. The van der Waals surface area contributed by atoms with E-state index in [1.165, 1.54) is 11.6 Å². The van der Waals surface area contributed by atoms with E-state index in [0.717, 1.165) is 24.1 Å². The van der Waals surface area contributed by atoms with Gasteiger partial charge in [0.15, 0.2) is 23.0 Å². The smallest absolute Gasteiger partial charge is 0.490 e. The molecule has 164 valence electrons. The van der Waals surface area contributed by atoms with Crippen LogP contribution in [0.1, 0.15) is 22.7 Å². The Bertz CT molecular complexity index is 916. The first-order valence-corrected chi connectivity index (χ1v) is 8.85.